The van der Waals surface area contributed by atoms with Crippen LogP contribution in [0, 0.1) is 0 Å². The van der Waals surface area contributed by atoms with Crippen LogP contribution < -0.4 is 9.64 Å². The molecule has 9 heteroatoms. The van der Waals surface area contributed by atoms with Crippen LogP contribution in [0.2, 0.25) is 0 Å². The van der Waals surface area contributed by atoms with Gasteiger partial charge in [-0.3, -0.25) is 19.4 Å². The van der Waals surface area contributed by atoms with Crippen molar-refractivity contribution >= 4 is 29.3 Å². The van der Waals surface area contributed by atoms with Gasteiger partial charge in [0.05, 0.1) is 5.56 Å². The molecule has 1 aromatic heterocycles. The summed E-state index contributed by atoms with van der Waals surface area (Å²) in [6.07, 6.45) is 3.02. The average Bonchev–Trinajstić information content (AvgIpc) is 3.87. The lowest BCUT2D eigenvalue weighted by Gasteiger charge is -2.35. The first-order valence-corrected chi connectivity index (χ1v) is 21.4. The second-order valence-electron chi connectivity index (χ2n) is 17.5. The summed E-state index contributed by atoms with van der Waals surface area (Å²) in [5, 5.41) is 0. The molecule has 6 aromatic rings. The Bertz CT molecular complexity index is 2590. The summed E-state index contributed by atoms with van der Waals surface area (Å²) in [4.78, 5) is 49.2. The third-order valence-corrected chi connectivity index (χ3v) is 12.0. The SMILES string of the molecule is C[C@@H]1Cc2ccccc2CN1C(=O)c1cc2c(cc1-c1cc(C(=O)N(c3ccccc3)c3ccc(OCc4ccccc4)cc3)c3n1CCCC3)CN(C(=O)OC(C)(C)C)C2. The molecule has 1 atom stereocenters. The predicted octanol–water partition coefficient (Wildman–Crippen LogP) is 10.9. The van der Waals surface area contributed by atoms with Crippen LogP contribution in [0.15, 0.2) is 127 Å². The molecule has 3 aliphatic heterocycles. The maximum atomic E-state index is 15.3. The lowest BCUT2D eigenvalue weighted by molar-refractivity contribution is 0.0241. The number of nitrogens with zero attached hydrogens (tertiary/aromatic N) is 4. The maximum Gasteiger partial charge on any atom is 0.410 e. The van der Waals surface area contributed by atoms with Gasteiger partial charge >= 0.3 is 6.09 Å². The minimum Gasteiger partial charge on any atom is -0.489 e. The molecule has 4 heterocycles. The molecule has 0 unspecified atom stereocenters. The van der Waals surface area contributed by atoms with E-state index in [4.69, 9.17) is 9.47 Å². The monoisotopic (exact) mass is 812 g/mol. The molecule has 0 saturated carbocycles. The number of amides is 3. The number of carbonyl (C=O) groups is 3. The van der Waals surface area contributed by atoms with Crippen molar-refractivity contribution in [1.29, 1.82) is 0 Å². The van der Waals surface area contributed by atoms with Crippen LogP contribution in [0.4, 0.5) is 16.2 Å². The Hall–Kier alpha value is -6.61. The highest BCUT2D eigenvalue weighted by molar-refractivity contribution is 6.12. The van der Waals surface area contributed by atoms with Crippen molar-refractivity contribution in [3.8, 4) is 17.0 Å². The fraction of sp³-hybridized carbons (Fsp3) is 0.288. The van der Waals surface area contributed by atoms with Crippen molar-refractivity contribution in [3.05, 3.63) is 172 Å². The van der Waals surface area contributed by atoms with Crippen LogP contribution in [-0.4, -0.2) is 43.9 Å². The number of anilines is 2. The zero-order chi connectivity index (χ0) is 42.3. The first-order valence-electron chi connectivity index (χ1n) is 21.4. The Kier molecular flexibility index (Phi) is 10.7. The van der Waals surface area contributed by atoms with E-state index in [0.29, 0.717) is 43.1 Å². The van der Waals surface area contributed by atoms with Gasteiger partial charge in [0.2, 0.25) is 0 Å². The fourth-order valence-corrected chi connectivity index (χ4v) is 9.00. The molecule has 310 valence electrons. The van der Waals surface area contributed by atoms with Gasteiger partial charge in [0.1, 0.15) is 18.0 Å². The van der Waals surface area contributed by atoms with Crippen LogP contribution in [-0.2, 0) is 50.4 Å². The van der Waals surface area contributed by atoms with E-state index in [0.717, 1.165) is 82.8 Å². The Morgan fingerprint density at radius 1 is 0.705 bits per heavy atom. The largest absolute Gasteiger partial charge is 0.489 e. The highest BCUT2D eigenvalue weighted by atomic mass is 16.6. The van der Waals surface area contributed by atoms with Crippen molar-refractivity contribution in [2.45, 2.75) is 97.8 Å². The van der Waals surface area contributed by atoms with Gasteiger partial charge in [-0.25, -0.2) is 4.79 Å². The van der Waals surface area contributed by atoms with E-state index < -0.39 is 5.60 Å². The summed E-state index contributed by atoms with van der Waals surface area (Å²) in [7, 11) is 0. The molecule has 0 saturated heterocycles. The summed E-state index contributed by atoms with van der Waals surface area (Å²) in [5.74, 6) is 0.504. The molecule has 0 radical (unpaired) electrons. The summed E-state index contributed by atoms with van der Waals surface area (Å²) in [5.41, 5.74) is 9.97. The predicted molar refractivity (Wildman–Crippen MR) is 238 cm³/mol. The topological polar surface area (TPSA) is 84.3 Å². The minimum absolute atomic E-state index is 0.0188. The molecule has 0 spiro atoms. The highest BCUT2D eigenvalue weighted by Crippen LogP contribution is 2.40. The van der Waals surface area contributed by atoms with Crippen LogP contribution in [0.5, 0.6) is 5.75 Å². The van der Waals surface area contributed by atoms with E-state index in [1.165, 1.54) is 5.56 Å². The van der Waals surface area contributed by atoms with Crippen LogP contribution in [0.3, 0.4) is 0 Å². The number of carbonyl (C=O) groups excluding carboxylic acids is 3. The summed E-state index contributed by atoms with van der Waals surface area (Å²) in [6, 6.07) is 41.9. The molecule has 0 aliphatic carbocycles. The zero-order valence-electron chi connectivity index (χ0n) is 35.4. The lowest BCUT2D eigenvalue weighted by atomic mass is 9.92. The quantitative estimate of drug-likeness (QED) is 0.153. The molecule has 9 nitrogen and oxygen atoms in total. The third kappa shape index (κ3) is 8.17. The number of para-hydroxylation sites is 1. The van der Waals surface area contributed by atoms with Crippen molar-refractivity contribution in [2.75, 3.05) is 4.90 Å². The number of hydrogen-bond acceptors (Lipinski definition) is 5. The van der Waals surface area contributed by atoms with Crippen molar-refractivity contribution < 1.29 is 23.9 Å². The first kappa shape index (κ1) is 39.8. The molecule has 3 amide bonds. The standard InChI is InChI=1S/C52H52N4O5/c1-35-27-37-17-11-12-18-38(37)33-55(35)49(57)45-29-40-32-53(51(59)61-52(2,3)4)31-39(40)28-44(45)48-30-46(47-21-13-14-26-54(47)48)50(58)56(41-19-9-6-10-20-41)42-22-24-43(25-23-42)60-34-36-15-7-5-8-16-36/h5-12,15-20,22-25,28-30,35H,13-14,21,26-27,31-34H2,1-4H3/t35-/m1/s1. The number of ether oxygens (including phenoxy) is 2. The smallest absolute Gasteiger partial charge is 0.410 e. The second kappa shape index (κ2) is 16.4. The number of benzene rings is 5. The summed E-state index contributed by atoms with van der Waals surface area (Å²) < 4.78 is 14.1. The lowest BCUT2D eigenvalue weighted by Crippen LogP contribution is -2.42. The number of hydrogen-bond donors (Lipinski definition) is 0. The van der Waals surface area contributed by atoms with E-state index in [2.05, 4.69) is 35.8 Å². The van der Waals surface area contributed by atoms with E-state index in [-0.39, 0.29) is 23.9 Å². The summed E-state index contributed by atoms with van der Waals surface area (Å²) in [6.45, 7) is 10.1. The summed E-state index contributed by atoms with van der Waals surface area (Å²) >= 11 is 0. The molecule has 3 aliphatic rings. The van der Waals surface area contributed by atoms with Crippen molar-refractivity contribution in [1.82, 2.24) is 14.4 Å². The number of fused-ring (bicyclic) bond motifs is 3. The molecule has 0 N–H and O–H groups in total. The third-order valence-electron chi connectivity index (χ3n) is 12.0. The fourth-order valence-electron chi connectivity index (χ4n) is 9.00. The van der Waals surface area contributed by atoms with E-state index in [9.17, 15) is 4.79 Å². The van der Waals surface area contributed by atoms with Gasteiger partial charge in [-0.2, -0.15) is 0 Å². The van der Waals surface area contributed by atoms with E-state index in [1.807, 2.05) is 129 Å². The van der Waals surface area contributed by atoms with Crippen LogP contribution >= 0.6 is 0 Å². The normalized spacial score (nSPS) is 15.7. The Morgan fingerprint density at radius 3 is 2.08 bits per heavy atom. The maximum absolute atomic E-state index is 15.3. The second-order valence-corrected chi connectivity index (χ2v) is 17.5. The van der Waals surface area contributed by atoms with Gasteiger partial charge in [0, 0.05) is 66.1 Å². The average molecular weight is 813 g/mol. The van der Waals surface area contributed by atoms with Gasteiger partial charge in [0.15, 0.2) is 0 Å². The molecule has 0 bridgehead atoms. The Morgan fingerprint density at radius 2 is 1.36 bits per heavy atom. The van der Waals surface area contributed by atoms with Gasteiger partial charge < -0.3 is 18.9 Å². The highest BCUT2D eigenvalue weighted by Gasteiger charge is 2.35. The number of rotatable bonds is 8. The minimum atomic E-state index is -0.640. The van der Waals surface area contributed by atoms with Gasteiger partial charge in [-0.1, -0.05) is 72.8 Å². The Labute approximate surface area is 358 Å². The van der Waals surface area contributed by atoms with Crippen molar-refractivity contribution in [2.24, 2.45) is 0 Å². The van der Waals surface area contributed by atoms with E-state index in [1.54, 1.807) is 9.80 Å². The van der Waals surface area contributed by atoms with E-state index >= 15 is 9.59 Å². The molecule has 61 heavy (non-hydrogen) atoms. The zero-order valence-corrected chi connectivity index (χ0v) is 35.4. The van der Waals surface area contributed by atoms with Gasteiger partial charge in [-0.15, -0.1) is 0 Å². The molecule has 0 fully saturated rings. The van der Waals surface area contributed by atoms with Crippen LogP contribution in [0.25, 0.3) is 11.3 Å². The molecule has 9 rings (SSSR count). The van der Waals surface area contributed by atoms with Crippen molar-refractivity contribution in [3.63, 3.8) is 0 Å². The number of aromatic nitrogens is 1. The van der Waals surface area contributed by atoms with Crippen LogP contribution in [0.1, 0.15) is 94.8 Å². The molecular formula is C52H52N4O5. The molecular weight excluding hydrogens is 761 g/mol. The Balaban J connectivity index is 1.11. The molecule has 5 aromatic carbocycles. The van der Waals surface area contributed by atoms with Gasteiger partial charge in [0.25, 0.3) is 11.8 Å². The van der Waals surface area contributed by atoms with Gasteiger partial charge in [-0.05, 0) is 136 Å². The first-order chi connectivity index (χ1) is 29.5.